The highest BCUT2D eigenvalue weighted by Gasteiger charge is 2.32. The van der Waals surface area contributed by atoms with E-state index in [0.717, 1.165) is 55.4 Å². The van der Waals surface area contributed by atoms with E-state index in [9.17, 15) is 14.4 Å². The molecule has 0 bridgehead atoms. The topological polar surface area (TPSA) is 84.5 Å². The van der Waals surface area contributed by atoms with Crippen LogP contribution < -0.4 is 10.6 Å². The van der Waals surface area contributed by atoms with E-state index in [4.69, 9.17) is 4.74 Å². The number of aryl methyl sites for hydroxylation is 1. The lowest BCUT2D eigenvalue weighted by Crippen LogP contribution is -2.32. The van der Waals surface area contributed by atoms with Crippen molar-refractivity contribution in [1.29, 1.82) is 0 Å². The molecule has 2 aliphatic carbocycles. The van der Waals surface area contributed by atoms with Gasteiger partial charge in [0.05, 0.1) is 12.2 Å². The molecule has 0 atom stereocenters. The highest BCUT2D eigenvalue weighted by Crippen LogP contribution is 2.39. The van der Waals surface area contributed by atoms with Crippen LogP contribution in [0.1, 0.15) is 59.8 Å². The van der Waals surface area contributed by atoms with Gasteiger partial charge < -0.3 is 10.1 Å². The summed E-state index contributed by atoms with van der Waals surface area (Å²) in [7, 11) is 0. The summed E-state index contributed by atoms with van der Waals surface area (Å²) < 4.78 is 4.79. The normalized spacial score (nSPS) is 16.7. The summed E-state index contributed by atoms with van der Waals surface area (Å²) in [5, 5.41) is 5.74. The minimum Gasteiger partial charge on any atom is -0.450 e. The van der Waals surface area contributed by atoms with Gasteiger partial charge in [-0.05, 0) is 51.0 Å². The Hall–Kier alpha value is -1.89. The predicted octanol–water partition coefficient (Wildman–Crippen LogP) is 3.25. The zero-order chi connectivity index (χ0) is 17.1. The third-order valence-corrected chi connectivity index (χ3v) is 5.53. The van der Waals surface area contributed by atoms with Gasteiger partial charge in [-0.25, -0.2) is 4.79 Å². The Labute approximate surface area is 145 Å². The first kappa shape index (κ1) is 17.0. The summed E-state index contributed by atoms with van der Waals surface area (Å²) in [6.07, 6.45) is 6.00. The summed E-state index contributed by atoms with van der Waals surface area (Å²) in [5.41, 5.74) is 1.42. The largest absolute Gasteiger partial charge is 0.450 e. The quantitative estimate of drug-likeness (QED) is 0.816. The van der Waals surface area contributed by atoms with Gasteiger partial charge >= 0.3 is 6.09 Å². The molecule has 2 N–H and O–H groups in total. The number of fused-ring (bicyclic) bond motifs is 1. The van der Waals surface area contributed by atoms with E-state index < -0.39 is 12.0 Å². The summed E-state index contributed by atoms with van der Waals surface area (Å²) in [6, 6.07) is 0. The van der Waals surface area contributed by atoms with Gasteiger partial charge in [0.1, 0.15) is 5.00 Å². The van der Waals surface area contributed by atoms with Crippen LogP contribution >= 0.6 is 11.3 Å². The average molecular weight is 350 g/mol. The molecule has 6 nitrogen and oxygen atoms in total. The molecule has 2 aliphatic rings. The molecule has 1 fully saturated rings. The van der Waals surface area contributed by atoms with Gasteiger partial charge in [-0.2, -0.15) is 0 Å². The fraction of sp³-hybridized carbons (Fsp3) is 0.588. The number of carbonyl (C=O) groups is 3. The molecule has 0 saturated heterocycles. The summed E-state index contributed by atoms with van der Waals surface area (Å²) in [4.78, 5) is 37.5. The van der Waals surface area contributed by atoms with Crippen molar-refractivity contribution in [2.45, 2.75) is 51.9 Å². The maximum absolute atomic E-state index is 12.6. The van der Waals surface area contributed by atoms with E-state index >= 15 is 0 Å². The zero-order valence-electron chi connectivity index (χ0n) is 13.8. The van der Waals surface area contributed by atoms with E-state index in [1.807, 2.05) is 0 Å². The monoisotopic (exact) mass is 350 g/mol. The van der Waals surface area contributed by atoms with Crippen LogP contribution in [0, 0.1) is 5.92 Å². The average Bonchev–Trinajstić information content (AvgIpc) is 3.34. The molecular weight excluding hydrogens is 328 g/mol. The Morgan fingerprint density at radius 1 is 1.17 bits per heavy atom. The van der Waals surface area contributed by atoms with E-state index in [-0.39, 0.29) is 18.4 Å². The molecule has 3 amide bonds. The zero-order valence-corrected chi connectivity index (χ0v) is 14.6. The maximum atomic E-state index is 12.6. The molecule has 1 aromatic heterocycles. The van der Waals surface area contributed by atoms with E-state index in [2.05, 4.69) is 10.6 Å². The van der Waals surface area contributed by atoms with Crippen molar-refractivity contribution in [3.63, 3.8) is 0 Å². The van der Waals surface area contributed by atoms with Crippen LogP contribution in [0.5, 0.6) is 0 Å². The lowest BCUT2D eigenvalue weighted by Gasteiger charge is -2.09. The Morgan fingerprint density at radius 2 is 1.92 bits per heavy atom. The molecule has 1 heterocycles. The molecule has 0 aliphatic heterocycles. The van der Waals surface area contributed by atoms with Crippen molar-refractivity contribution in [3.05, 3.63) is 16.0 Å². The highest BCUT2D eigenvalue weighted by molar-refractivity contribution is 7.17. The molecule has 0 spiro atoms. The number of thiophene rings is 1. The third kappa shape index (κ3) is 3.77. The fourth-order valence-corrected chi connectivity index (χ4v) is 4.24. The van der Waals surface area contributed by atoms with Gasteiger partial charge in [0, 0.05) is 10.8 Å². The smallest absolute Gasteiger partial charge is 0.414 e. The molecule has 0 aromatic carbocycles. The summed E-state index contributed by atoms with van der Waals surface area (Å²) >= 11 is 1.47. The second-order valence-electron chi connectivity index (χ2n) is 6.21. The number of hydrogen-bond acceptors (Lipinski definition) is 5. The number of hydrogen-bond donors (Lipinski definition) is 2. The van der Waals surface area contributed by atoms with Crippen LogP contribution in [0.4, 0.5) is 9.80 Å². The van der Waals surface area contributed by atoms with Crippen molar-refractivity contribution < 1.29 is 19.1 Å². The van der Waals surface area contributed by atoms with Crippen molar-refractivity contribution in [3.8, 4) is 0 Å². The van der Waals surface area contributed by atoms with Crippen molar-refractivity contribution in [2.75, 3.05) is 11.9 Å². The van der Waals surface area contributed by atoms with Crippen LogP contribution in [-0.2, 0) is 22.4 Å². The lowest BCUT2D eigenvalue weighted by atomic mass is 10.0. The van der Waals surface area contributed by atoms with Gasteiger partial charge in [0.2, 0.25) is 5.91 Å². The first-order chi connectivity index (χ1) is 11.6. The second-order valence-corrected chi connectivity index (χ2v) is 7.31. The second kappa shape index (κ2) is 7.34. The van der Waals surface area contributed by atoms with Gasteiger partial charge in [-0.1, -0.05) is 6.42 Å². The van der Waals surface area contributed by atoms with Gasteiger partial charge in [0.15, 0.2) is 0 Å². The number of imide groups is 1. The predicted molar refractivity (Wildman–Crippen MR) is 91.4 cm³/mol. The summed E-state index contributed by atoms with van der Waals surface area (Å²) in [5.74, 6) is -0.455. The van der Waals surface area contributed by atoms with Crippen LogP contribution in [0.15, 0.2) is 0 Å². The molecule has 0 radical (unpaired) electrons. The number of anilines is 1. The minimum atomic E-state index is -0.754. The number of amides is 3. The number of rotatable bonds is 4. The van der Waals surface area contributed by atoms with Crippen LogP contribution in [0.2, 0.25) is 0 Å². The van der Waals surface area contributed by atoms with E-state index in [0.29, 0.717) is 10.6 Å². The Kier molecular flexibility index (Phi) is 5.18. The number of alkyl carbamates (subject to hydrolysis) is 1. The molecule has 1 aromatic rings. The molecule has 7 heteroatoms. The van der Waals surface area contributed by atoms with Crippen molar-refractivity contribution in [2.24, 2.45) is 5.92 Å². The number of carbonyl (C=O) groups excluding carboxylic acids is 3. The van der Waals surface area contributed by atoms with Crippen LogP contribution in [0.25, 0.3) is 0 Å². The molecule has 24 heavy (non-hydrogen) atoms. The summed E-state index contributed by atoms with van der Waals surface area (Å²) in [6.45, 7) is 1.88. The van der Waals surface area contributed by atoms with E-state index in [1.165, 1.54) is 11.3 Å². The standard InChI is InChI=1S/C17H22N2O4S/c1-2-23-17(22)19-15(21)13-11-6-4-3-5-7-12(11)24-16(13)18-14(20)10-8-9-10/h10H,2-9H2,1H3,(H,18,20)(H,19,21,22). The van der Waals surface area contributed by atoms with Gasteiger partial charge in [0.25, 0.3) is 5.91 Å². The third-order valence-electron chi connectivity index (χ3n) is 4.32. The highest BCUT2D eigenvalue weighted by atomic mass is 32.1. The van der Waals surface area contributed by atoms with Gasteiger partial charge in [-0.15, -0.1) is 11.3 Å². The number of nitrogens with one attached hydrogen (secondary N) is 2. The Morgan fingerprint density at radius 3 is 2.62 bits per heavy atom. The minimum absolute atomic E-state index is 0.0309. The molecule has 130 valence electrons. The lowest BCUT2D eigenvalue weighted by molar-refractivity contribution is -0.117. The van der Waals surface area contributed by atoms with Crippen LogP contribution in [-0.4, -0.2) is 24.5 Å². The maximum Gasteiger partial charge on any atom is 0.414 e. The first-order valence-corrected chi connectivity index (χ1v) is 9.35. The molecule has 0 unspecified atom stereocenters. The van der Waals surface area contributed by atoms with Gasteiger partial charge in [-0.3, -0.25) is 14.9 Å². The van der Waals surface area contributed by atoms with Crippen molar-refractivity contribution in [1.82, 2.24) is 5.32 Å². The Bertz CT molecular complexity index is 664. The molecular formula is C17H22N2O4S. The number of ether oxygens (including phenoxy) is 1. The SMILES string of the molecule is CCOC(=O)NC(=O)c1c(NC(=O)C2CC2)sc2c1CCCCC2. The molecule has 1 saturated carbocycles. The fourth-order valence-electron chi connectivity index (χ4n) is 2.95. The molecule has 3 rings (SSSR count). The first-order valence-electron chi connectivity index (χ1n) is 8.53. The van der Waals surface area contributed by atoms with Crippen molar-refractivity contribution >= 4 is 34.2 Å². The Balaban J connectivity index is 1.87. The van der Waals surface area contributed by atoms with E-state index in [1.54, 1.807) is 6.92 Å². The van der Waals surface area contributed by atoms with Crippen LogP contribution in [0.3, 0.4) is 0 Å².